The SMILES string of the molecule is Cc1nc2ccc(-c3cccc(N(CC45CCC(c6nnc(C7CC7)o6)(CC4)CC5)C(=O)C4CC(C(F)F)C4)c3)cc2s1. The molecule has 2 aromatic heterocycles. The van der Waals surface area contributed by atoms with Gasteiger partial charge in [-0.1, -0.05) is 18.2 Å². The maximum absolute atomic E-state index is 14.1. The molecule has 0 saturated heterocycles. The minimum atomic E-state index is -2.36. The Morgan fingerprint density at radius 2 is 1.77 bits per heavy atom. The van der Waals surface area contributed by atoms with Gasteiger partial charge >= 0.3 is 0 Å². The monoisotopic (exact) mass is 602 g/mol. The molecule has 0 aliphatic heterocycles. The first-order chi connectivity index (χ1) is 20.8. The molecule has 0 spiro atoms. The molecule has 4 aromatic rings. The van der Waals surface area contributed by atoms with E-state index in [2.05, 4.69) is 45.5 Å². The maximum atomic E-state index is 14.1. The van der Waals surface area contributed by atoms with Gasteiger partial charge in [-0.25, -0.2) is 13.8 Å². The molecule has 5 aliphatic carbocycles. The largest absolute Gasteiger partial charge is 0.424 e. The van der Waals surface area contributed by atoms with Gasteiger partial charge in [0.25, 0.3) is 0 Å². The molecule has 0 unspecified atom stereocenters. The van der Waals surface area contributed by atoms with Gasteiger partial charge in [-0.15, -0.1) is 21.5 Å². The molecule has 0 N–H and O–H groups in total. The lowest BCUT2D eigenvalue weighted by Gasteiger charge is -2.53. The summed E-state index contributed by atoms with van der Waals surface area (Å²) < 4.78 is 34.1. The summed E-state index contributed by atoms with van der Waals surface area (Å²) in [5, 5.41) is 9.91. The van der Waals surface area contributed by atoms with Gasteiger partial charge in [-0.05, 0) is 112 Å². The van der Waals surface area contributed by atoms with Crippen molar-refractivity contribution in [2.45, 2.75) is 88.9 Å². The van der Waals surface area contributed by atoms with Crippen LogP contribution in [-0.4, -0.2) is 34.1 Å². The third-order valence-corrected chi connectivity index (χ3v) is 11.8. The molecule has 2 aromatic carbocycles. The second-order valence-electron chi connectivity index (χ2n) is 13.7. The van der Waals surface area contributed by atoms with Gasteiger partial charge in [0.05, 0.1) is 15.2 Å². The Hall–Kier alpha value is -3.20. The fraction of sp³-hybridized carbons (Fsp3) is 0.529. The van der Waals surface area contributed by atoms with Crippen molar-refractivity contribution in [3.05, 3.63) is 59.3 Å². The molecule has 2 heterocycles. The van der Waals surface area contributed by atoms with E-state index in [1.807, 2.05) is 24.0 Å². The fourth-order valence-corrected chi connectivity index (χ4v) is 8.63. The lowest BCUT2D eigenvalue weighted by atomic mass is 9.53. The Morgan fingerprint density at radius 1 is 1.02 bits per heavy atom. The summed E-state index contributed by atoms with van der Waals surface area (Å²) in [6.07, 6.45) is 6.36. The highest BCUT2D eigenvalue weighted by atomic mass is 32.1. The van der Waals surface area contributed by atoms with Crippen LogP contribution in [0.1, 0.15) is 86.9 Å². The van der Waals surface area contributed by atoms with E-state index in [1.165, 1.54) is 0 Å². The van der Waals surface area contributed by atoms with Crippen LogP contribution < -0.4 is 4.90 Å². The number of amides is 1. The molecule has 9 heteroatoms. The van der Waals surface area contributed by atoms with Gasteiger partial charge in [0.1, 0.15) is 0 Å². The van der Waals surface area contributed by atoms with E-state index in [4.69, 9.17) is 4.42 Å². The van der Waals surface area contributed by atoms with Gasteiger partial charge in [0.15, 0.2) is 0 Å². The highest BCUT2D eigenvalue weighted by molar-refractivity contribution is 7.18. The molecule has 0 radical (unpaired) electrons. The quantitative estimate of drug-likeness (QED) is 0.202. The number of carbonyl (C=O) groups is 1. The summed E-state index contributed by atoms with van der Waals surface area (Å²) in [4.78, 5) is 20.6. The Kier molecular flexibility index (Phi) is 6.48. The molecular weight excluding hydrogens is 566 g/mol. The number of rotatable bonds is 8. The second kappa shape index (κ2) is 10.2. The van der Waals surface area contributed by atoms with Gasteiger partial charge < -0.3 is 9.32 Å². The number of benzene rings is 2. The number of nitrogens with zero attached hydrogens (tertiary/aromatic N) is 4. The van der Waals surface area contributed by atoms with Crippen molar-refractivity contribution in [3.63, 3.8) is 0 Å². The minimum absolute atomic E-state index is 0.00228. The summed E-state index contributed by atoms with van der Waals surface area (Å²) in [6.45, 7) is 2.63. The normalized spacial score (nSPS) is 28.4. The number of carbonyl (C=O) groups excluding carboxylic acids is 1. The molecule has 5 fully saturated rings. The lowest BCUT2D eigenvalue weighted by Crippen LogP contribution is -2.53. The molecule has 1 amide bonds. The van der Waals surface area contributed by atoms with E-state index < -0.39 is 12.3 Å². The van der Waals surface area contributed by atoms with E-state index in [1.54, 1.807) is 11.3 Å². The van der Waals surface area contributed by atoms with E-state index in [9.17, 15) is 13.6 Å². The van der Waals surface area contributed by atoms with Crippen molar-refractivity contribution >= 4 is 33.1 Å². The molecule has 0 atom stereocenters. The highest BCUT2D eigenvalue weighted by Gasteiger charge is 2.53. The van der Waals surface area contributed by atoms with Crippen molar-refractivity contribution in [2.75, 3.05) is 11.4 Å². The predicted molar refractivity (Wildman–Crippen MR) is 162 cm³/mol. The number of halogens is 2. The minimum Gasteiger partial charge on any atom is -0.424 e. The Labute approximate surface area is 253 Å². The first-order valence-electron chi connectivity index (χ1n) is 15.7. The predicted octanol–water partition coefficient (Wildman–Crippen LogP) is 8.45. The van der Waals surface area contributed by atoms with Crippen molar-refractivity contribution in [2.24, 2.45) is 17.3 Å². The van der Waals surface area contributed by atoms with E-state index in [0.29, 0.717) is 12.5 Å². The van der Waals surface area contributed by atoms with Crippen molar-refractivity contribution in [1.82, 2.24) is 15.2 Å². The standard InChI is InChI=1S/C34H36F2N4O2S/c1-20-37-27-8-7-23(18-28(27)43-20)22-3-2-4-26(17-22)40(31(41)25-15-24(16-25)29(35)36)19-33-9-12-34(13-10-33,14-11-33)32-39-38-30(42-32)21-5-6-21/h2-4,7-8,17-18,21,24-25,29H,5-6,9-16,19H2,1H3. The smallest absolute Gasteiger partial charge is 0.241 e. The molecule has 5 aliphatic rings. The lowest BCUT2D eigenvalue weighted by molar-refractivity contribution is -0.129. The topological polar surface area (TPSA) is 72.1 Å². The van der Waals surface area contributed by atoms with E-state index in [0.717, 1.165) is 95.2 Å². The van der Waals surface area contributed by atoms with Crippen molar-refractivity contribution < 1.29 is 18.0 Å². The van der Waals surface area contributed by atoms with Crippen LogP contribution in [0.4, 0.5) is 14.5 Å². The highest BCUT2D eigenvalue weighted by Crippen LogP contribution is 2.58. The van der Waals surface area contributed by atoms with Crippen LogP contribution in [0, 0.1) is 24.2 Å². The van der Waals surface area contributed by atoms with Crippen LogP contribution in [0.3, 0.4) is 0 Å². The Balaban J connectivity index is 1.07. The number of aromatic nitrogens is 3. The number of alkyl halides is 2. The van der Waals surface area contributed by atoms with Crippen LogP contribution in [0.25, 0.3) is 21.3 Å². The molecule has 224 valence electrons. The Morgan fingerprint density at radius 3 is 2.49 bits per heavy atom. The fourth-order valence-electron chi connectivity index (χ4n) is 7.76. The average molecular weight is 603 g/mol. The van der Waals surface area contributed by atoms with Crippen LogP contribution in [0.15, 0.2) is 46.9 Å². The third kappa shape index (κ3) is 4.88. The molecule has 43 heavy (non-hydrogen) atoms. The second-order valence-corrected chi connectivity index (χ2v) is 14.9. The van der Waals surface area contributed by atoms with Gasteiger partial charge in [-0.3, -0.25) is 4.79 Å². The van der Waals surface area contributed by atoms with Crippen LogP contribution in [0.5, 0.6) is 0 Å². The summed E-state index contributed by atoms with van der Waals surface area (Å²) in [5.41, 5.74) is 3.91. The molecule has 6 nitrogen and oxygen atoms in total. The number of aryl methyl sites for hydroxylation is 1. The van der Waals surface area contributed by atoms with Gasteiger partial charge in [0, 0.05) is 35.4 Å². The third-order valence-electron chi connectivity index (χ3n) is 10.8. The number of anilines is 1. The molecule has 5 saturated carbocycles. The van der Waals surface area contributed by atoms with Crippen molar-refractivity contribution in [1.29, 1.82) is 0 Å². The first-order valence-corrected chi connectivity index (χ1v) is 16.5. The zero-order valence-corrected chi connectivity index (χ0v) is 25.2. The van der Waals surface area contributed by atoms with E-state index in [-0.39, 0.29) is 35.5 Å². The van der Waals surface area contributed by atoms with Crippen molar-refractivity contribution in [3.8, 4) is 11.1 Å². The van der Waals surface area contributed by atoms with Crippen LogP contribution in [0.2, 0.25) is 0 Å². The summed E-state index contributed by atoms with van der Waals surface area (Å²) in [5.74, 6) is 1.03. The molecule has 2 bridgehead atoms. The number of thiazole rings is 1. The molecule has 9 rings (SSSR count). The summed E-state index contributed by atoms with van der Waals surface area (Å²) in [6, 6.07) is 14.5. The summed E-state index contributed by atoms with van der Waals surface area (Å²) in [7, 11) is 0. The van der Waals surface area contributed by atoms with E-state index >= 15 is 0 Å². The maximum Gasteiger partial charge on any atom is 0.241 e. The zero-order valence-electron chi connectivity index (χ0n) is 24.4. The Bertz CT molecular complexity index is 1660. The number of hydrogen-bond acceptors (Lipinski definition) is 6. The van der Waals surface area contributed by atoms with Crippen LogP contribution >= 0.6 is 11.3 Å². The first kappa shape index (κ1) is 27.4. The van der Waals surface area contributed by atoms with Gasteiger partial charge in [-0.2, -0.15) is 0 Å². The van der Waals surface area contributed by atoms with Gasteiger partial charge in [0.2, 0.25) is 24.1 Å². The molecular formula is C34H36F2N4O2S. The number of fused-ring (bicyclic) bond motifs is 4. The van der Waals surface area contributed by atoms with Crippen LogP contribution in [-0.2, 0) is 10.2 Å². The summed E-state index contributed by atoms with van der Waals surface area (Å²) >= 11 is 1.68. The number of hydrogen-bond donors (Lipinski definition) is 0. The zero-order chi connectivity index (χ0) is 29.3. The average Bonchev–Trinajstić information content (AvgIpc) is 3.58.